The monoisotopic (exact) mass is 505 g/mol. The lowest BCUT2D eigenvalue weighted by Crippen LogP contribution is -2.62. The van der Waals surface area contributed by atoms with E-state index in [0.717, 1.165) is 30.8 Å². The van der Waals surface area contributed by atoms with Crippen LogP contribution in [-0.4, -0.2) is 48.4 Å². The van der Waals surface area contributed by atoms with Crippen LogP contribution in [0.2, 0.25) is 0 Å². The molecular weight excluding hydrogens is 478 g/mol. The predicted octanol–water partition coefficient (Wildman–Crippen LogP) is 2.67. The molecule has 4 heterocycles. The van der Waals surface area contributed by atoms with Crippen molar-refractivity contribution in [1.82, 2.24) is 21.3 Å². The van der Waals surface area contributed by atoms with E-state index in [-0.39, 0.29) is 35.2 Å². The van der Waals surface area contributed by atoms with E-state index >= 15 is 0 Å². The second kappa shape index (κ2) is 9.51. The lowest BCUT2D eigenvalue weighted by Gasteiger charge is -2.45. The fraction of sp³-hybridized carbons (Fsp3) is 0.346. The molecule has 0 spiro atoms. The highest BCUT2D eigenvalue weighted by Gasteiger charge is 2.51. The van der Waals surface area contributed by atoms with Crippen molar-refractivity contribution in [2.45, 2.75) is 36.7 Å². The summed E-state index contributed by atoms with van der Waals surface area (Å²) in [4.78, 5) is 40.9. The number of benzene rings is 2. The Labute approximate surface area is 213 Å². The number of rotatable bonds is 5. The Balaban J connectivity index is 1.23. The zero-order valence-electron chi connectivity index (χ0n) is 19.5. The number of ether oxygens (including phenoxy) is 1. The van der Waals surface area contributed by atoms with Crippen molar-refractivity contribution in [3.8, 4) is 11.5 Å². The number of amides is 4. The first-order chi connectivity index (χ1) is 17.6. The zero-order chi connectivity index (χ0) is 24.6. The van der Waals surface area contributed by atoms with E-state index in [1.807, 2.05) is 54.6 Å². The van der Waals surface area contributed by atoms with Gasteiger partial charge in [-0.05, 0) is 62.2 Å². The van der Waals surface area contributed by atoms with Crippen molar-refractivity contribution in [3.63, 3.8) is 0 Å². The number of thioether (sulfide) groups is 1. The van der Waals surface area contributed by atoms with E-state index in [4.69, 9.17) is 4.74 Å². The highest BCUT2D eigenvalue weighted by Crippen LogP contribution is 2.48. The van der Waals surface area contributed by atoms with E-state index < -0.39 is 6.04 Å². The van der Waals surface area contributed by atoms with Gasteiger partial charge in [0.2, 0.25) is 5.91 Å². The Morgan fingerprint density at radius 3 is 2.56 bits per heavy atom. The van der Waals surface area contributed by atoms with Crippen LogP contribution >= 0.6 is 11.8 Å². The van der Waals surface area contributed by atoms with E-state index in [2.05, 4.69) is 21.3 Å². The molecule has 0 saturated carbocycles. The molecule has 2 aromatic rings. The third kappa shape index (κ3) is 4.20. The molecule has 0 aliphatic carbocycles. The van der Waals surface area contributed by atoms with Crippen LogP contribution in [0.1, 0.15) is 19.3 Å². The van der Waals surface area contributed by atoms with Crippen LogP contribution in [0.25, 0.3) is 0 Å². The quantitative estimate of drug-likeness (QED) is 0.497. The molecule has 6 rings (SSSR count). The molecule has 4 atom stereocenters. The standard InChI is InChI=1S/C26H27N5O4S/c32-23-18(7-4-13-27-23)29-24(33)22-21-20-19(12-14-28-25(20)36-22)31(26(34)30-21)15-8-10-17(11-9-15)35-16-5-2-1-3-6-16/h1-3,5-6,8-11,18-20,25,28H,4,7,12-14H2,(H,27,32)(H,29,33)(H,30,34). The number of carbonyl (C=O) groups is 3. The molecule has 4 unspecified atom stereocenters. The first kappa shape index (κ1) is 22.9. The molecule has 4 aliphatic heterocycles. The fourth-order valence-electron chi connectivity index (χ4n) is 5.36. The number of hydrogen-bond donors (Lipinski definition) is 4. The molecule has 9 nitrogen and oxygen atoms in total. The number of hydrogen-bond acceptors (Lipinski definition) is 6. The predicted molar refractivity (Wildman–Crippen MR) is 136 cm³/mol. The lowest BCUT2D eigenvalue weighted by molar-refractivity contribution is -0.128. The minimum atomic E-state index is -0.543. The van der Waals surface area contributed by atoms with Crippen molar-refractivity contribution in [1.29, 1.82) is 0 Å². The second-order valence-electron chi connectivity index (χ2n) is 9.29. The van der Waals surface area contributed by atoms with Crippen LogP contribution in [0.15, 0.2) is 65.2 Å². The number of piperidine rings is 2. The Kier molecular flexibility index (Phi) is 6.06. The highest BCUT2D eigenvalue weighted by atomic mass is 32.2. The lowest BCUT2D eigenvalue weighted by atomic mass is 9.86. The van der Waals surface area contributed by atoms with Gasteiger partial charge in [-0.25, -0.2) is 4.79 Å². The Bertz CT molecular complexity index is 1220. The number of carbonyl (C=O) groups excluding carboxylic acids is 3. The van der Waals surface area contributed by atoms with Gasteiger partial charge in [-0.3, -0.25) is 14.5 Å². The molecule has 4 amide bonds. The number of nitrogens with zero attached hydrogens (tertiary/aromatic N) is 1. The SMILES string of the molecule is O=C(NC1CCCNC1=O)C1=C2NC(=O)N(c3ccc(Oc4ccccc4)cc3)C3CCNC(S1)C23. The van der Waals surface area contributed by atoms with Crippen LogP contribution in [-0.2, 0) is 9.59 Å². The number of anilines is 1. The van der Waals surface area contributed by atoms with Crippen LogP contribution < -0.4 is 30.9 Å². The van der Waals surface area contributed by atoms with Gasteiger partial charge in [-0.15, -0.1) is 0 Å². The van der Waals surface area contributed by atoms with Crippen LogP contribution in [0.3, 0.4) is 0 Å². The normalized spacial score (nSPS) is 27.2. The first-order valence-corrected chi connectivity index (χ1v) is 13.1. The van der Waals surface area contributed by atoms with Gasteiger partial charge in [0.1, 0.15) is 17.5 Å². The van der Waals surface area contributed by atoms with Crippen molar-refractivity contribution in [2.24, 2.45) is 5.92 Å². The molecule has 186 valence electrons. The van der Waals surface area contributed by atoms with Crippen molar-refractivity contribution < 1.29 is 19.1 Å². The van der Waals surface area contributed by atoms with Crippen molar-refractivity contribution >= 4 is 35.3 Å². The third-order valence-electron chi connectivity index (χ3n) is 7.03. The molecule has 0 radical (unpaired) electrons. The van der Waals surface area contributed by atoms with E-state index in [9.17, 15) is 14.4 Å². The molecule has 3 saturated heterocycles. The Morgan fingerprint density at radius 1 is 1.00 bits per heavy atom. The second-order valence-corrected chi connectivity index (χ2v) is 10.4. The molecule has 0 bridgehead atoms. The van der Waals surface area contributed by atoms with Gasteiger partial charge < -0.3 is 26.0 Å². The maximum Gasteiger partial charge on any atom is 0.326 e. The molecule has 10 heteroatoms. The number of nitrogens with one attached hydrogen (secondary N) is 4. The summed E-state index contributed by atoms with van der Waals surface area (Å²) in [5.74, 6) is 0.922. The summed E-state index contributed by atoms with van der Waals surface area (Å²) in [7, 11) is 0. The maximum absolute atomic E-state index is 13.3. The molecule has 4 aliphatic rings. The van der Waals surface area contributed by atoms with Gasteiger partial charge in [0.15, 0.2) is 0 Å². The number of urea groups is 1. The molecule has 4 N–H and O–H groups in total. The van der Waals surface area contributed by atoms with Gasteiger partial charge in [-0.2, -0.15) is 0 Å². The summed E-state index contributed by atoms with van der Waals surface area (Å²) in [5, 5.41) is 12.1. The number of para-hydroxylation sites is 1. The van der Waals surface area contributed by atoms with Crippen molar-refractivity contribution in [3.05, 3.63) is 65.2 Å². The van der Waals surface area contributed by atoms with Crippen LogP contribution in [0.5, 0.6) is 11.5 Å². The average molecular weight is 506 g/mol. The minimum Gasteiger partial charge on any atom is -0.457 e. The average Bonchev–Trinajstić information content (AvgIpc) is 3.26. The smallest absolute Gasteiger partial charge is 0.326 e. The summed E-state index contributed by atoms with van der Waals surface area (Å²) in [6.07, 6.45) is 2.20. The van der Waals surface area contributed by atoms with Gasteiger partial charge >= 0.3 is 6.03 Å². The van der Waals surface area contributed by atoms with Crippen LogP contribution in [0.4, 0.5) is 10.5 Å². The van der Waals surface area contributed by atoms with E-state index in [1.165, 1.54) is 11.8 Å². The summed E-state index contributed by atoms with van der Waals surface area (Å²) in [6.45, 7) is 1.37. The molecular formula is C26H27N5O4S. The van der Waals surface area contributed by atoms with Gasteiger partial charge in [-0.1, -0.05) is 30.0 Å². The molecule has 36 heavy (non-hydrogen) atoms. The Hall–Kier alpha value is -3.50. The third-order valence-corrected chi connectivity index (χ3v) is 8.39. The van der Waals surface area contributed by atoms with Crippen molar-refractivity contribution in [2.75, 3.05) is 18.0 Å². The van der Waals surface area contributed by atoms with Gasteiger partial charge in [0.05, 0.1) is 16.3 Å². The maximum atomic E-state index is 13.3. The summed E-state index contributed by atoms with van der Waals surface area (Å²) in [6, 6.07) is 16.2. The minimum absolute atomic E-state index is 0.0246. The van der Waals surface area contributed by atoms with Gasteiger partial charge in [0, 0.05) is 23.8 Å². The van der Waals surface area contributed by atoms with E-state index in [1.54, 1.807) is 4.90 Å². The Morgan fingerprint density at radius 2 is 1.78 bits per heavy atom. The fourth-order valence-corrected chi connectivity index (χ4v) is 6.75. The molecule has 3 fully saturated rings. The largest absolute Gasteiger partial charge is 0.457 e. The van der Waals surface area contributed by atoms with Gasteiger partial charge in [0.25, 0.3) is 5.91 Å². The van der Waals surface area contributed by atoms with Crippen LogP contribution in [0, 0.1) is 5.92 Å². The first-order valence-electron chi connectivity index (χ1n) is 12.2. The highest BCUT2D eigenvalue weighted by molar-refractivity contribution is 8.04. The summed E-state index contributed by atoms with van der Waals surface area (Å²) in [5.41, 5.74) is 1.43. The molecule has 2 aromatic carbocycles. The summed E-state index contributed by atoms with van der Waals surface area (Å²) >= 11 is 1.44. The summed E-state index contributed by atoms with van der Waals surface area (Å²) < 4.78 is 5.90. The van der Waals surface area contributed by atoms with E-state index in [0.29, 0.717) is 29.3 Å². The topological polar surface area (TPSA) is 112 Å². The molecule has 0 aromatic heterocycles. The zero-order valence-corrected chi connectivity index (χ0v) is 20.3.